The molecule has 1 unspecified atom stereocenters. The number of nitrogens with one attached hydrogen (secondary N) is 1. The largest absolute Gasteiger partial charge is 0.296 e. The van der Waals surface area contributed by atoms with Crippen LogP contribution in [-0.2, 0) is 16.0 Å². The van der Waals surface area contributed by atoms with Gasteiger partial charge in [-0.1, -0.05) is 19.1 Å². The maximum atomic E-state index is 12.1. The van der Waals surface area contributed by atoms with Crippen LogP contribution < -0.4 is 5.32 Å². The Bertz CT molecular complexity index is 737. The molecule has 0 aliphatic carbocycles. The van der Waals surface area contributed by atoms with Crippen molar-refractivity contribution >= 4 is 22.7 Å². The molecule has 108 valence electrons. The van der Waals surface area contributed by atoms with Gasteiger partial charge < -0.3 is 0 Å². The molecule has 0 spiro atoms. The summed E-state index contributed by atoms with van der Waals surface area (Å²) < 4.78 is 0. The van der Waals surface area contributed by atoms with Gasteiger partial charge in [0.25, 0.3) is 0 Å². The Morgan fingerprint density at radius 3 is 2.86 bits per heavy atom. The van der Waals surface area contributed by atoms with Gasteiger partial charge in [-0.3, -0.25) is 19.9 Å². The number of imide groups is 1. The van der Waals surface area contributed by atoms with Gasteiger partial charge in [0.15, 0.2) is 0 Å². The van der Waals surface area contributed by atoms with Crippen LogP contribution in [0.5, 0.6) is 0 Å². The Labute approximate surface area is 123 Å². The molecule has 21 heavy (non-hydrogen) atoms. The average molecular weight is 282 g/mol. The molecule has 1 aromatic carbocycles. The molecule has 1 atom stereocenters. The molecule has 4 heteroatoms. The number of fused-ring (bicyclic) bond motifs is 1. The summed E-state index contributed by atoms with van der Waals surface area (Å²) in [5.41, 5.74) is 4.00. The van der Waals surface area contributed by atoms with E-state index in [9.17, 15) is 9.59 Å². The molecule has 0 radical (unpaired) electrons. The van der Waals surface area contributed by atoms with E-state index < -0.39 is 0 Å². The monoisotopic (exact) mass is 282 g/mol. The van der Waals surface area contributed by atoms with Crippen molar-refractivity contribution in [2.24, 2.45) is 0 Å². The molecule has 0 bridgehead atoms. The summed E-state index contributed by atoms with van der Waals surface area (Å²) >= 11 is 0. The highest BCUT2D eigenvalue weighted by Crippen LogP contribution is 2.30. The van der Waals surface area contributed by atoms with Gasteiger partial charge >= 0.3 is 0 Å². The molecular formula is C17H18N2O2. The minimum atomic E-state index is -0.274. The summed E-state index contributed by atoms with van der Waals surface area (Å²) in [6.45, 7) is 4.04. The van der Waals surface area contributed by atoms with Gasteiger partial charge in [0.2, 0.25) is 11.8 Å². The van der Waals surface area contributed by atoms with E-state index in [1.807, 2.05) is 19.1 Å². The van der Waals surface area contributed by atoms with E-state index in [0.29, 0.717) is 12.8 Å². The third-order valence-electron chi connectivity index (χ3n) is 4.17. The fraction of sp³-hybridized carbons (Fsp3) is 0.353. The van der Waals surface area contributed by atoms with E-state index in [1.54, 1.807) is 0 Å². The number of amides is 2. The molecule has 1 aliphatic heterocycles. The number of carbonyl (C=O) groups excluding carboxylic acids is 2. The third-order valence-corrected chi connectivity index (χ3v) is 4.17. The number of carbonyl (C=O) groups is 2. The van der Waals surface area contributed by atoms with Crippen LogP contribution in [0.25, 0.3) is 10.9 Å². The molecule has 2 amide bonds. The molecule has 4 nitrogen and oxygen atoms in total. The zero-order valence-corrected chi connectivity index (χ0v) is 12.3. The van der Waals surface area contributed by atoms with Crippen LogP contribution in [0, 0.1) is 6.92 Å². The first-order valence-electron chi connectivity index (χ1n) is 7.33. The summed E-state index contributed by atoms with van der Waals surface area (Å²) in [7, 11) is 0. The lowest BCUT2D eigenvalue weighted by Crippen LogP contribution is -2.39. The summed E-state index contributed by atoms with van der Waals surface area (Å²) in [6, 6.07) is 8.18. The van der Waals surface area contributed by atoms with Crippen LogP contribution in [-0.4, -0.2) is 16.8 Å². The lowest BCUT2D eigenvalue weighted by atomic mass is 9.88. The fourth-order valence-corrected chi connectivity index (χ4v) is 3.02. The van der Waals surface area contributed by atoms with Crippen molar-refractivity contribution in [2.75, 3.05) is 0 Å². The number of hydrogen-bond donors (Lipinski definition) is 1. The normalized spacial score (nSPS) is 18.9. The molecule has 1 saturated heterocycles. The molecule has 1 N–H and O–H groups in total. The second kappa shape index (κ2) is 5.28. The highest BCUT2D eigenvalue weighted by atomic mass is 16.2. The van der Waals surface area contributed by atoms with E-state index >= 15 is 0 Å². The molecule has 2 heterocycles. The molecule has 2 aromatic rings. The molecule has 1 fully saturated rings. The second-order valence-electron chi connectivity index (χ2n) is 5.50. The quantitative estimate of drug-likeness (QED) is 0.861. The van der Waals surface area contributed by atoms with E-state index in [4.69, 9.17) is 0 Å². The first-order chi connectivity index (χ1) is 10.1. The van der Waals surface area contributed by atoms with Gasteiger partial charge in [0.05, 0.1) is 11.4 Å². The lowest BCUT2D eigenvalue weighted by Gasteiger charge is -2.22. The highest BCUT2D eigenvalue weighted by molar-refractivity contribution is 6.01. The van der Waals surface area contributed by atoms with Gasteiger partial charge in [-0.15, -0.1) is 0 Å². The molecule has 0 saturated carbocycles. The molecule has 1 aromatic heterocycles. The Kier molecular flexibility index (Phi) is 3.45. The number of nitrogens with zero attached hydrogens (tertiary/aromatic N) is 1. The second-order valence-corrected chi connectivity index (χ2v) is 5.50. The first kappa shape index (κ1) is 13.7. The minimum absolute atomic E-state index is 0.183. The number of rotatable bonds is 2. The van der Waals surface area contributed by atoms with E-state index in [0.717, 1.165) is 28.6 Å². The number of pyridine rings is 1. The summed E-state index contributed by atoms with van der Waals surface area (Å²) in [5.74, 6) is -0.661. The van der Waals surface area contributed by atoms with Gasteiger partial charge in [-0.05, 0) is 43.0 Å². The smallest absolute Gasteiger partial charge is 0.234 e. The maximum absolute atomic E-state index is 12.1. The Morgan fingerprint density at radius 2 is 2.14 bits per heavy atom. The van der Waals surface area contributed by atoms with Crippen LogP contribution in [0.15, 0.2) is 24.3 Å². The van der Waals surface area contributed by atoms with Crippen molar-refractivity contribution < 1.29 is 9.59 Å². The van der Waals surface area contributed by atoms with Crippen molar-refractivity contribution in [3.63, 3.8) is 0 Å². The van der Waals surface area contributed by atoms with Gasteiger partial charge in [-0.2, -0.15) is 0 Å². The van der Waals surface area contributed by atoms with Crippen molar-refractivity contribution in [3.05, 3.63) is 41.1 Å². The van der Waals surface area contributed by atoms with Crippen LogP contribution in [0.1, 0.15) is 42.5 Å². The first-order valence-corrected chi connectivity index (χ1v) is 7.33. The van der Waals surface area contributed by atoms with E-state index in [-0.39, 0.29) is 17.7 Å². The Balaban J connectivity index is 2.12. The predicted octanol–water partition coefficient (Wildman–Crippen LogP) is 2.63. The maximum Gasteiger partial charge on any atom is 0.234 e. The Morgan fingerprint density at radius 1 is 1.33 bits per heavy atom. The topological polar surface area (TPSA) is 59.1 Å². The molecule has 1 aliphatic rings. The number of aryl methyl sites for hydroxylation is 2. The van der Waals surface area contributed by atoms with E-state index in [1.165, 1.54) is 5.56 Å². The number of aromatic nitrogens is 1. The van der Waals surface area contributed by atoms with Crippen molar-refractivity contribution in [3.8, 4) is 0 Å². The van der Waals surface area contributed by atoms with Gasteiger partial charge in [0, 0.05) is 17.5 Å². The zero-order chi connectivity index (χ0) is 15.0. The number of hydrogen-bond acceptors (Lipinski definition) is 3. The number of piperidine rings is 1. The van der Waals surface area contributed by atoms with Crippen molar-refractivity contribution in [1.82, 2.24) is 10.3 Å². The standard InChI is InChI=1S/C17H18N2O2/c1-3-11-5-4-6-15-14(11)9-13(10(2)18-15)12-7-8-16(20)19-17(12)21/h4-6,9,12H,3,7-8H2,1-2H3,(H,19,20,21). The van der Waals surface area contributed by atoms with Crippen LogP contribution in [0.2, 0.25) is 0 Å². The van der Waals surface area contributed by atoms with Gasteiger partial charge in [0.1, 0.15) is 0 Å². The summed E-state index contributed by atoms with van der Waals surface area (Å²) in [6.07, 6.45) is 1.88. The van der Waals surface area contributed by atoms with E-state index in [2.05, 4.69) is 29.4 Å². The van der Waals surface area contributed by atoms with Crippen molar-refractivity contribution in [2.45, 2.75) is 39.0 Å². The Hall–Kier alpha value is -2.23. The lowest BCUT2D eigenvalue weighted by molar-refractivity contribution is -0.134. The van der Waals surface area contributed by atoms with Crippen LogP contribution in [0.3, 0.4) is 0 Å². The molecule has 3 rings (SSSR count). The van der Waals surface area contributed by atoms with Crippen LogP contribution in [0.4, 0.5) is 0 Å². The number of benzene rings is 1. The predicted molar refractivity (Wildman–Crippen MR) is 81.0 cm³/mol. The SMILES string of the molecule is CCc1cccc2nc(C)c(C3CCC(=O)NC3=O)cc12. The average Bonchev–Trinajstić information content (AvgIpc) is 2.46. The van der Waals surface area contributed by atoms with Gasteiger partial charge in [-0.25, -0.2) is 0 Å². The van der Waals surface area contributed by atoms with Crippen LogP contribution >= 0.6 is 0 Å². The molecular weight excluding hydrogens is 264 g/mol. The zero-order valence-electron chi connectivity index (χ0n) is 12.3. The summed E-state index contributed by atoms with van der Waals surface area (Å²) in [4.78, 5) is 28.0. The third kappa shape index (κ3) is 2.42. The fourth-order valence-electron chi connectivity index (χ4n) is 3.02. The highest BCUT2D eigenvalue weighted by Gasteiger charge is 2.29. The minimum Gasteiger partial charge on any atom is -0.296 e. The van der Waals surface area contributed by atoms with Crippen molar-refractivity contribution in [1.29, 1.82) is 0 Å². The summed E-state index contributed by atoms with van der Waals surface area (Å²) in [5, 5.41) is 3.53.